The largest absolute Gasteiger partial charge is 0.351 e. The van der Waals surface area contributed by atoms with Crippen molar-refractivity contribution in [3.8, 4) is 0 Å². The second kappa shape index (κ2) is 3.57. The van der Waals surface area contributed by atoms with Gasteiger partial charge in [-0.2, -0.15) is 0 Å². The second-order valence-corrected chi connectivity index (χ2v) is 3.10. The Labute approximate surface area is 70.1 Å². The molecule has 11 heavy (non-hydrogen) atoms. The number of hydrogen-bond acceptors (Lipinski definition) is 2. The molecule has 0 fully saturated rings. The SMILES string of the molecule is CC(C)(CCl)C(=O)NC(N)=O. The summed E-state index contributed by atoms with van der Waals surface area (Å²) in [5.74, 6) is -0.313. The number of rotatable bonds is 2. The van der Waals surface area contributed by atoms with Gasteiger partial charge in [0.25, 0.3) is 0 Å². The molecule has 4 nitrogen and oxygen atoms in total. The van der Waals surface area contributed by atoms with Crippen LogP contribution in [0.4, 0.5) is 4.79 Å². The lowest BCUT2D eigenvalue weighted by atomic mass is 9.95. The van der Waals surface area contributed by atoms with Crippen LogP contribution >= 0.6 is 11.6 Å². The highest BCUT2D eigenvalue weighted by Crippen LogP contribution is 2.16. The van der Waals surface area contributed by atoms with Gasteiger partial charge in [0, 0.05) is 5.88 Å². The van der Waals surface area contributed by atoms with Crippen LogP contribution in [0.3, 0.4) is 0 Å². The molecule has 0 atom stereocenters. The van der Waals surface area contributed by atoms with Crippen molar-refractivity contribution in [3.05, 3.63) is 0 Å². The van der Waals surface area contributed by atoms with Gasteiger partial charge in [-0.3, -0.25) is 10.1 Å². The molecular formula is C6H11ClN2O2. The van der Waals surface area contributed by atoms with E-state index in [2.05, 4.69) is 0 Å². The van der Waals surface area contributed by atoms with Gasteiger partial charge in [-0.1, -0.05) is 0 Å². The fraction of sp³-hybridized carbons (Fsp3) is 0.667. The third-order valence-corrected chi connectivity index (χ3v) is 1.85. The molecule has 3 amide bonds. The Balaban J connectivity index is 4.13. The van der Waals surface area contributed by atoms with Crippen molar-refractivity contribution >= 4 is 23.5 Å². The first-order valence-corrected chi connectivity index (χ1v) is 3.60. The molecule has 0 saturated heterocycles. The summed E-state index contributed by atoms with van der Waals surface area (Å²) >= 11 is 5.46. The normalized spacial score (nSPS) is 10.8. The maximum Gasteiger partial charge on any atom is 0.318 e. The van der Waals surface area contributed by atoms with E-state index in [4.69, 9.17) is 17.3 Å². The summed E-state index contributed by atoms with van der Waals surface area (Å²) < 4.78 is 0. The van der Waals surface area contributed by atoms with Crippen molar-refractivity contribution in [1.82, 2.24) is 5.32 Å². The van der Waals surface area contributed by atoms with Gasteiger partial charge in [-0.15, -0.1) is 11.6 Å². The fourth-order valence-electron chi connectivity index (χ4n) is 0.342. The summed E-state index contributed by atoms with van der Waals surface area (Å²) in [6, 6.07) is -0.854. The summed E-state index contributed by atoms with van der Waals surface area (Å²) in [5.41, 5.74) is 3.98. The number of primary amides is 1. The van der Waals surface area contributed by atoms with E-state index in [1.807, 2.05) is 5.32 Å². The van der Waals surface area contributed by atoms with Crippen LogP contribution in [0.15, 0.2) is 0 Å². The predicted molar refractivity (Wildman–Crippen MR) is 42.2 cm³/mol. The van der Waals surface area contributed by atoms with Gasteiger partial charge < -0.3 is 5.73 Å². The summed E-state index contributed by atoms with van der Waals surface area (Å²) in [4.78, 5) is 21.2. The topological polar surface area (TPSA) is 72.2 Å². The van der Waals surface area contributed by atoms with E-state index in [1.54, 1.807) is 13.8 Å². The van der Waals surface area contributed by atoms with Crippen LogP contribution in [-0.2, 0) is 4.79 Å². The van der Waals surface area contributed by atoms with E-state index >= 15 is 0 Å². The third kappa shape index (κ3) is 3.23. The average molecular weight is 179 g/mol. The molecule has 0 saturated carbocycles. The highest BCUT2D eigenvalue weighted by Gasteiger charge is 2.27. The molecule has 0 bridgehead atoms. The molecule has 0 spiro atoms. The Hall–Kier alpha value is -0.770. The van der Waals surface area contributed by atoms with E-state index in [0.29, 0.717) is 0 Å². The van der Waals surface area contributed by atoms with E-state index in [1.165, 1.54) is 0 Å². The number of carbonyl (C=O) groups excluding carboxylic acids is 2. The maximum atomic E-state index is 11.0. The minimum atomic E-state index is -0.854. The molecule has 3 N–H and O–H groups in total. The predicted octanol–water partition coefficient (Wildman–Crippen LogP) is 0.446. The Bertz CT molecular complexity index is 179. The van der Waals surface area contributed by atoms with Crippen LogP contribution in [0.25, 0.3) is 0 Å². The number of nitrogens with two attached hydrogens (primary N) is 1. The number of hydrogen-bond donors (Lipinski definition) is 2. The number of imide groups is 1. The fourth-order valence-corrected chi connectivity index (χ4v) is 0.463. The molecule has 0 aliphatic carbocycles. The molecule has 0 aromatic rings. The second-order valence-electron chi connectivity index (χ2n) is 2.84. The van der Waals surface area contributed by atoms with Gasteiger partial charge >= 0.3 is 6.03 Å². The van der Waals surface area contributed by atoms with E-state index in [9.17, 15) is 9.59 Å². The first-order valence-electron chi connectivity index (χ1n) is 3.07. The number of amides is 3. The molecule has 0 rings (SSSR count). The van der Waals surface area contributed by atoms with Crippen LogP contribution in [-0.4, -0.2) is 17.8 Å². The molecule has 0 aromatic carbocycles. The van der Waals surface area contributed by atoms with E-state index in [0.717, 1.165) is 0 Å². The van der Waals surface area contributed by atoms with Gasteiger partial charge in [0.1, 0.15) is 0 Å². The zero-order chi connectivity index (χ0) is 9.07. The zero-order valence-electron chi connectivity index (χ0n) is 6.48. The van der Waals surface area contributed by atoms with Crippen LogP contribution in [0.2, 0.25) is 0 Å². The molecule has 0 aliphatic heterocycles. The van der Waals surface area contributed by atoms with E-state index in [-0.39, 0.29) is 5.88 Å². The molecule has 5 heteroatoms. The van der Waals surface area contributed by atoms with Crippen LogP contribution in [0.1, 0.15) is 13.8 Å². The first-order chi connectivity index (χ1) is 4.90. The van der Waals surface area contributed by atoms with Crippen molar-refractivity contribution in [2.24, 2.45) is 11.1 Å². The molecular weight excluding hydrogens is 168 g/mol. The molecule has 0 unspecified atom stereocenters. The summed E-state index contributed by atoms with van der Waals surface area (Å²) in [6.45, 7) is 3.25. The third-order valence-electron chi connectivity index (χ3n) is 1.19. The van der Waals surface area contributed by atoms with Crippen LogP contribution < -0.4 is 11.1 Å². The Kier molecular flexibility index (Phi) is 3.32. The van der Waals surface area contributed by atoms with Gasteiger partial charge in [0.05, 0.1) is 5.41 Å². The lowest BCUT2D eigenvalue weighted by Crippen LogP contribution is -2.43. The lowest BCUT2D eigenvalue weighted by molar-refractivity contribution is -0.127. The number of urea groups is 1. The molecule has 0 heterocycles. The number of nitrogens with one attached hydrogen (secondary N) is 1. The van der Waals surface area contributed by atoms with Gasteiger partial charge in [0.2, 0.25) is 5.91 Å². The van der Waals surface area contributed by atoms with Gasteiger partial charge in [0.15, 0.2) is 0 Å². The van der Waals surface area contributed by atoms with Crippen molar-refractivity contribution < 1.29 is 9.59 Å². The number of alkyl halides is 1. The maximum absolute atomic E-state index is 11.0. The summed E-state index contributed by atoms with van der Waals surface area (Å²) in [6.07, 6.45) is 0. The van der Waals surface area contributed by atoms with Crippen LogP contribution in [0, 0.1) is 5.41 Å². The minimum absolute atomic E-state index is 0.145. The first kappa shape index (κ1) is 10.2. The highest BCUT2D eigenvalue weighted by atomic mass is 35.5. The summed E-state index contributed by atoms with van der Waals surface area (Å²) in [7, 11) is 0. The van der Waals surface area contributed by atoms with E-state index < -0.39 is 17.4 Å². The quantitative estimate of drug-likeness (QED) is 0.603. The van der Waals surface area contributed by atoms with Crippen molar-refractivity contribution in [3.63, 3.8) is 0 Å². The molecule has 0 aromatic heterocycles. The standard InChI is InChI=1S/C6H11ClN2O2/c1-6(2,3-7)4(10)9-5(8)11/h3H2,1-2H3,(H3,8,9,10,11). The highest BCUT2D eigenvalue weighted by molar-refractivity contribution is 6.20. The van der Waals surface area contributed by atoms with Crippen molar-refractivity contribution in [2.75, 3.05) is 5.88 Å². The number of halogens is 1. The molecule has 0 radical (unpaired) electrons. The van der Waals surface area contributed by atoms with Gasteiger partial charge in [-0.25, -0.2) is 4.79 Å². The zero-order valence-corrected chi connectivity index (χ0v) is 7.23. The van der Waals surface area contributed by atoms with Gasteiger partial charge in [-0.05, 0) is 13.8 Å². The molecule has 64 valence electrons. The molecule has 0 aliphatic rings. The monoisotopic (exact) mass is 178 g/mol. The smallest absolute Gasteiger partial charge is 0.318 e. The van der Waals surface area contributed by atoms with Crippen molar-refractivity contribution in [2.45, 2.75) is 13.8 Å². The lowest BCUT2D eigenvalue weighted by Gasteiger charge is -2.18. The Morgan fingerprint density at radius 1 is 1.55 bits per heavy atom. The minimum Gasteiger partial charge on any atom is -0.351 e. The van der Waals surface area contributed by atoms with Crippen molar-refractivity contribution in [1.29, 1.82) is 0 Å². The number of carbonyl (C=O) groups is 2. The average Bonchev–Trinajstić information content (AvgIpc) is 1.86. The Morgan fingerprint density at radius 3 is 2.27 bits per heavy atom. The Morgan fingerprint density at radius 2 is 2.00 bits per heavy atom. The van der Waals surface area contributed by atoms with Crippen LogP contribution in [0.5, 0.6) is 0 Å². The summed E-state index contributed by atoms with van der Waals surface area (Å²) in [5, 5.41) is 1.95.